The maximum Gasteiger partial charge on any atom is 0.0705 e. The van der Waals surface area contributed by atoms with Crippen molar-refractivity contribution in [3.63, 3.8) is 0 Å². The maximum atomic E-state index is 5.85. The van der Waals surface area contributed by atoms with Crippen LogP contribution in [0.4, 0.5) is 0 Å². The Hall–Kier alpha value is -1.41. The third kappa shape index (κ3) is 1.40. The second-order valence-corrected chi connectivity index (χ2v) is 3.21. The van der Waals surface area contributed by atoms with Gasteiger partial charge in [-0.2, -0.15) is 0 Å². The molecule has 2 N–H and O–H groups in total. The highest BCUT2D eigenvalue weighted by atomic mass is 14.7. The van der Waals surface area contributed by atoms with Crippen molar-refractivity contribution >= 4 is 10.9 Å². The molecule has 1 aromatic heterocycles. The fraction of sp³-hybridized carbons (Fsp3) is 0.182. The van der Waals surface area contributed by atoms with Crippen LogP contribution in [0.5, 0.6) is 0 Å². The summed E-state index contributed by atoms with van der Waals surface area (Å²) in [5.74, 6) is 0. The Morgan fingerprint density at radius 1 is 1.23 bits per heavy atom. The molecule has 0 aliphatic heterocycles. The summed E-state index contributed by atoms with van der Waals surface area (Å²) >= 11 is 0. The van der Waals surface area contributed by atoms with Crippen molar-refractivity contribution < 1.29 is 0 Å². The minimum absolute atomic E-state index is 0.0629. The fourth-order valence-electron chi connectivity index (χ4n) is 1.52. The molecule has 1 heterocycles. The maximum absolute atomic E-state index is 5.85. The first kappa shape index (κ1) is 8.20. The van der Waals surface area contributed by atoms with Crippen LogP contribution < -0.4 is 5.73 Å². The van der Waals surface area contributed by atoms with Gasteiger partial charge in [-0.05, 0) is 24.6 Å². The van der Waals surface area contributed by atoms with Crippen LogP contribution in [0.1, 0.15) is 18.5 Å². The second kappa shape index (κ2) is 3.15. The monoisotopic (exact) mass is 172 g/mol. The molecule has 0 saturated heterocycles. The number of benzene rings is 1. The molecule has 2 rings (SSSR count). The summed E-state index contributed by atoms with van der Waals surface area (Å²) in [6, 6.07) is 10.1. The summed E-state index contributed by atoms with van der Waals surface area (Å²) in [5, 5.41) is 1.15. The Balaban J connectivity index is 2.76. The van der Waals surface area contributed by atoms with E-state index in [1.165, 1.54) is 0 Å². The van der Waals surface area contributed by atoms with Crippen LogP contribution in [-0.2, 0) is 0 Å². The van der Waals surface area contributed by atoms with Gasteiger partial charge in [0, 0.05) is 17.6 Å². The lowest BCUT2D eigenvalue weighted by Gasteiger charge is -2.08. The van der Waals surface area contributed by atoms with Crippen LogP contribution in [-0.4, -0.2) is 4.98 Å². The van der Waals surface area contributed by atoms with Gasteiger partial charge in [0.1, 0.15) is 0 Å². The molecule has 0 unspecified atom stereocenters. The molecule has 0 aliphatic carbocycles. The molecular formula is C11H12N2. The number of nitrogens with two attached hydrogens (primary N) is 1. The number of pyridine rings is 1. The number of hydrogen-bond acceptors (Lipinski definition) is 2. The molecule has 0 fully saturated rings. The van der Waals surface area contributed by atoms with Gasteiger partial charge >= 0.3 is 0 Å². The number of fused-ring (bicyclic) bond motifs is 1. The number of hydrogen-bond donors (Lipinski definition) is 1. The third-order valence-corrected chi connectivity index (χ3v) is 2.17. The molecule has 0 bridgehead atoms. The topological polar surface area (TPSA) is 38.9 Å². The summed E-state index contributed by atoms with van der Waals surface area (Å²) in [7, 11) is 0. The standard InChI is InChI=1S/C11H12N2/c1-8(12)9-6-7-13-11-5-3-2-4-10(9)11/h2-8H,12H2,1H3/t8-/m0/s1. The predicted molar refractivity (Wildman–Crippen MR) is 54.3 cm³/mol. The molecule has 13 heavy (non-hydrogen) atoms. The zero-order chi connectivity index (χ0) is 9.26. The molecule has 2 nitrogen and oxygen atoms in total. The lowest BCUT2D eigenvalue weighted by Crippen LogP contribution is -2.05. The molecule has 0 spiro atoms. The van der Waals surface area contributed by atoms with Crippen molar-refractivity contribution in [2.45, 2.75) is 13.0 Å². The van der Waals surface area contributed by atoms with E-state index in [9.17, 15) is 0 Å². The van der Waals surface area contributed by atoms with E-state index in [1.807, 2.05) is 31.2 Å². The van der Waals surface area contributed by atoms with Crippen molar-refractivity contribution in [1.29, 1.82) is 0 Å². The van der Waals surface area contributed by atoms with E-state index in [-0.39, 0.29) is 6.04 Å². The van der Waals surface area contributed by atoms with E-state index in [4.69, 9.17) is 5.73 Å². The zero-order valence-corrected chi connectivity index (χ0v) is 7.57. The lowest BCUT2D eigenvalue weighted by atomic mass is 10.0. The zero-order valence-electron chi connectivity index (χ0n) is 7.57. The minimum atomic E-state index is 0.0629. The highest BCUT2D eigenvalue weighted by Gasteiger charge is 2.03. The first-order chi connectivity index (χ1) is 6.29. The van der Waals surface area contributed by atoms with E-state index in [2.05, 4.69) is 11.1 Å². The molecule has 66 valence electrons. The quantitative estimate of drug-likeness (QED) is 0.716. The average Bonchev–Trinajstić information content (AvgIpc) is 2.17. The van der Waals surface area contributed by atoms with Crippen molar-refractivity contribution in [3.05, 3.63) is 42.1 Å². The van der Waals surface area contributed by atoms with Crippen LogP contribution >= 0.6 is 0 Å². The first-order valence-electron chi connectivity index (χ1n) is 4.38. The largest absolute Gasteiger partial charge is 0.324 e. The fourth-order valence-corrected chi connectivity index (χ4v) is 1.52. The minimum Gasteiger partial charge on any atom is -0.324 e. The van der Waals surface area contributed by atoms with Crippen molar-refractivity contribution in [1.82, 2.24) is 4.98 Å². The van der Waals surface area contributed by atoms with Gasteiger partial charge in [-0.25, -0.2) is 0 Å². The van der Waals surface area contributed by atoms with Crippen LogP contribution in [0.25, 0.3) is 10.9 Å². The average molecular weight is 172 g/mol. The second-order valence-electron chi connectivity index (χ2n) is 3.21. The van der Waals surface area contributed by atoms with Crippen molar-refractivity contribution in [3.8, 4) is 0 Å². The Kier molecular flexibility index (Phi) is 1.99. The predicted octanol–water partition coefficient (Wildman–Crippen LogP) is 2.25. The number of aromatic nitrogens is 1. The Labute approximate surface area is 77.4 Å². The van der Waals surface area contributed by atoms with Crippen LogP contribution in [0.3, 0.4) is 0 Å². The molecule has 1 aromatic carbocycles. The molecule has 0 amide bonds. The SMILES string of the molecule is C[C@H](N)c1ccnc2ccccc12. The molecule has 0 saturated carbocycles. The molecule has 2 aromatic rings. The Morgan fingerprint density at radius 2 is 2.00 bits per heavy atom. The third-order valence-electron chi connectivity index (χ3n) is 2.17. The van der Waals surface area contributed by atoms with E-state index in [1.54, 1.807) is 6.20 Å². The normalized spacial score (nSPS) is 13.1. The summed E-state index contributed by atoms with van der Waals surface area (Å²) in [4.78, 5) is 4.27. The molecule has 1 atom stereocenters. The Morgan fingerprint density at radius 3 is 2.77 bits per heavy atom. The Bertz CT molecular complexity index is 416. The molecule has 0 aliphatic rings. The molecule has 0 radical (unpaired) electrons. The van der Waals surface area contributed by atoms with Gasteiger partial charge in [0.15, 0.2) is 0 Å². The van der Waals surface area contributed by atoms with E-state index in [0.29, 0.717) is 0 Å². The van der Waals surface area contributed by atoms with Crippen LogP contribution in [0, 0.1) is 0 Å². The van der Waals surface area contributed by atoms with Crippen LogP contribution in [0.15, 0.2) is 36.5 Å². The van der Waals surface area contributed by atoms with Gasteiger partial charge in [-0.15, -0.1) is 0 Å². The molecule has 2 heteroatoms. The van der Waals surface area contributed by atoms with Gasteiger partial charge in [0.2, 0.25) is 0 Å². The van der Waals surface area contributed by atoms with E-state index >= 15 is 0 Å². The van der Waals surface area contributed by atoms with Crippen molar-refractivity contribution in [2.75, 3.05) is 0 Å². The number of rotatable bonds is 1. The van der Waals surface area contributed by atoms with Gasteiger partial charge < -0.3 is 5.73 Å². The summed E-state index contributed by atoms with van der Waals surface area (Å²) < 4.78 is 0. The smallest absolute Gasteiger partial charge is 0.0705 e. The van der Waals surface area contributed by atoms with Crippen LogP contribution in [0.2, 0.25) is 0 Å². The number of nitrogens with zero attached hydrogens (tertiary/aromatic N) is 1. The highest BCUT2D eigenvalue weighted by Crippen LogP contribution is 2.20. The first-order valence-corrected chi connectivity index (χ1v) is 4.38. The molecular weight excluding hydrogens is 160 g/mol. The number of para-hydroxylation sites is 1. The summed E-state index contributed by atoms with van der Waals surface area (Å²) in [6.07, 6.45) is 1.81. The summed E-state index contributed by atoms with van der Waals surface area (Å²) in [6.45, 7) is 1.99. The van der Waals surface area contributed by atoms with Gasteiger partial charge in [0.05, 0.1) is 5.52 Å². The van der Waals surface area contributed by atoms with E-state index < -0.39 is 0 Å². The lowest BCUT2D eigenvalue weighted by molar-refractivity contribution is 0.825. The summed E-state index contributed by atoms with van der Waals surface area (Å²) in [5.41, 5.74) is 8.02. The van der Waals surface area contributed by atoms with Gasteiger partial charge in [-0.3, -0.25) is 4.98 Å². The highest BCUT2D eigenvalue weighted by molar-refractivity contribution is 5.82. The van der Waals surface area contributed by atoms with Crippen molar-refractivity contribution in [2.24, 2.45) is 5.73 Å². The van der Waals surface area contributed by atoms with Gasteiger partial charge in [0.25, 0.3) is 0 Å². The van der Waals surface area contributed by atoms with Gasteiger partial charge in [-0.1, -0.05) is 18.2 Å². The van der Waals surface area contributed by atoms with E-state index in [0.717, 1.165) is 16.5 Å².